The number of likely N-dealkylation sites (tertiary alicyclic amines) is 1. The van der Waals surface area contributed by atoms with Crippen molar-refractivity contribution in [3.8, 4) is 0 Å². The summed E-state index contributed by atoms with van der Waals surface area (Å²) in [7, 11) is 0. The van der Waals surface area contributed by atoms with Gasteiger partial charge in [-0.25, -0.2) is 4.79 Å². The second-order valence-corrected chi connectivity index (χ2v) is 5.48. The van der Waals surface area contributed by atoms with E-state index in [1.54, 1.807) is 11.8 Å². The van der Waals surface area contributed by atoms with E-state index in [-0.39, 0.29) is 18.0 Å². The van der Waals surface area contributed by atoms with Crippen molar-refractivity contribution in [1.82, 2.24) is 10.2 Å². The van der Waals surface area contributed by atoms with E-state index >= 15 is 0 Å². The van der Waals surface area contributed by atoms with Crippen LogP contribution in [0.4, 0.5) is 4.79 Å². The van der Waals surface area contributed by atoms with Crippen LogP contribution < -0.4 is 11.1 Å². The van der Waals surface area contributed by atoms with Crippen LogP contribution in [0.15, 0.2) is 0 Å². The number of ether oxygens (including phenoxy) is 1. The van der Waals surface area contributed by atoms with Crippen molar-refractivity contribution in [2.75, 3.05) is 26.2 Å². The maximum absolute atomic E-state index is 11.8. The highest BCUT2D eigenvalue weighted by Crippen LogP contribution is 2.12. The van der Waals surface area contributed by atoms with E-state index in [0.717, 1.165) is 45.1 Å². The summed E-state index contributed by atoms with van der Waals surface area (Å²) in [6, 6.07) is 0.187. The zero-order valence-electron chi connectivity index (χ0n) is 13.1. The number of nitrogens with two attached hydrogens (primary N) is 1. The first-order valence-corrected chi connectivity index (χ1v) is 8.08. The summed E-state index contributed by atoms with van der Waals surface area (Å²) >= 11 is 0. The van der Waals surface area contributed by atoms with Gasteiger partial charge in [0, 0.05) is 25.6 Å². The molecule has 0 radical (unpaired) electrons. The smallest absolute Gasteiger partial charge is 0.409 e. The van der Waals surface area contributed by atoms with Crippen LogP contribution in [0.3, 0.4) is 0 Å². The van der Waals surface area contributed by atoms with Gasteiger partial charge in [0.05, 0.1) is 6.61 Å². The van der Waals surface area contributed by atoms with Crippen molar-refractivity contribution in [3.05, 3.63) is 0 Å². The Hall–Kier alpha value is -1.30. The number of amides is 2. The summed E-state index contributed by atoms with van der Waals surface area (Å²) < 4.78 is 4.97. The highest BCUT2D eigenvalue weighted by atomic mass is 16.6. The van der Waals surface area contributed by atoms with E-state index in [2.05, 4.69) is 5.32 Å². The van der Waals surface area contributed by atoms with Gasteiger partial charge in [0.1, 0.15) is 0 Å². The van der Waals surface area contributed by atoms with Crippen molar-refractivity contribution in [2.24, 2.45) is 5.73 Å². The lowest BCUT2D eigenvalue weighted by Gasteiger charge is -2.31. The Balaban J connectivity index is 2.11. The predicted molar refractivity (Wildman–Crippen MR) is 81.9 cm³/mol. The molecule has 3 N–H and O–H groups in total. The molecule has 0 atom stereocenters. The first-order valence-electron chi connectivity index (χ1n) is 8.08. The summed E-state index contributed by atoms with van der Waals surface area (Å²) in [6.07, 6.45) is 6.06. The molecule has 1 saturated heterocycles. The molecule has 0 unspecified atom stereocenters. The summed E-state index contributed by atoms with van der Waals surface area (Å²) in [5.74, 6) is 0.123. The third kappa shape index (κ3) is 7.32. The highest BCUT2D eigenvalue weighted by molar-refractivity contribution is 5.76. The van der Waals surface area contributed by atoms with E-state index in [4.69, 9.17) is 10.5 Å². The molecule has 6 heteroatoms. The molecule has 0 aromatic heterocycles. The number of nitrogens with one attached hydrogen (secondary N) is 1. The molecule has 0 aromatic carbocycles. The minimum absolute atomic E-state index is 0.123. The van der Waals surface area contributed by atoms with Crippen LogP contribution in [0, 0.1) is 0 Å². The zero-order chi connectivity index (χ0) is 15.5. The third-order valence-corrected chi connectivity index (χ3v) is 3.74. The molecule has 0 spiro atoms. The predicted octanol–water partition coefficient (Wildman–Crippen LogP) is 1.63. The first-order chi connectivity index (χ1) is 10.2. The van der Waals surface area contributed by atoms with E-state index in [1.807, 2.05) is 0 Å². The molecular weight excluding hydrogens is 270 g/mol. The summed E-state index contributed by atoms with van der Waals surface area (Å²) in [5, 5.41) is 3.06. The van der Waals surface area contributed by atoms with Gasteiger partial charge in [0.25, 0.3) is 0 Å². The third-order valence-electron chi connectivity index (χ3n) is 3.74. The summed E-state index contributed by atoms with van der Waals surface area (Å²) in [6.45, 7) is 4.24. The fourth-order valence-corrected chi connectivity index (χ4v) is 2.50. The van der Waals surface area contributed by atoms with Crippen molar-refractivity contribution in [3.63, 3.8) is 0 Å². The lowest BCUT2D eigenvalue weighted by Crippen LogP contribution is -2.46. The number of piperidine rings is 1. The lowest BCUT2D eigenvalue weighted by molar-refractivity contribution is -0.122. The molecule has 1 aliphatic heterocycles. The minimum atomic E-state index is -0.248. The minimum Gasteiger partial charge on any atom is -0.450 e. The highest BCUT2D eigenvalue weighted by Gasteiger charge is 2.24. The van der Waals surface area contributed by atoms with Gasteiger partial charge >= 0.3 is 6.09 Å². The van der Waals surface area contributed by atoms with Crippen molar-refractivity contribution in [1.29, 1.82) is 0 Å². The monoisotopic (exact) mass is 299 g/mol. The van der Waals surface area contributed by atoms with Crippen LogP contribution in [0.1, 0.15) is 51.9 Å². The van der Waals surface area contributed by atoms with Gasteiger partial charge in [-0.3, -0.25) is 4.79 Å². The molecule has 1 heterocycles. The molecule has 0 bridgehead atoms. The van der Waals surface area contributed by atoms with Gasteiger partial charge in [-0.1, -0.05) is 12.8 Å². The molecule has 0 saturated carbocycles. The standard InChI is InChI=1S/C15H29N3O3/c1-2-21-15(20)18-11-8-13(9-12-18)17-14(19)7-5-3-4-6-10-16/h13H,2-12,16H2,1H3,(H,17,19). The number of hydrogen-bond acceptors (Lipinski definition) is 4. The first kappa shape index (κ1) is 17.8. The Labute approximate surface area is 127 Å². The molecule has 122 valence electrons. The number of unbranched alkanes of at least 4 members (excludes halogenated alkanes) is 3. The van der Waals surface area contributed by atoms with Gasteiger partial charge in [-0.2, -0.15) is 0 Å². The average Bonchev–Trinajstić information content (AvgIpc) is 2.48. The lowest BCUT2D eigenvalue weighted by atomic mass is 10.0. The number of carbonyl (C=O) groups excluding carboxylic acids is 2. The Morgan fingerprint density at radius 1 is 1.19 bits per heavy atom. The Bertz CT molecular complexity index is 315. The molecule has 1 fully saturated rings. The molecule has 1 rings (SSSR count). The molecule has 6 nitrogen and oxygen atoms in total. The molecular formula is C15H29N3O3. The van der Waals surface area contributed by atoms with Crippen molar-refractivity contribution >= 4 is 12.0 Å². The maximum Gasteiger partial charge on any atom is 0.409 e. The van der Waals surface area contributed by atoms with Crippen LogP contribution in [-0.4, -0.2) is 49.2 Å². The Morgan fingerprint density at radius 2 is 1.86 bits per heavy atom. The average molecular weight is 299 g/mol. The maximum atomic E-state index is 11.8. The van der Waals surface area contributed by atoms with E-state index in [9.17, 15) is 9.59 Å². The van der Waals surface area contributed by atoms with E-state index < -0.39 is 0 Å². The van der Waals surface area contributed by atoms with Gasteiger partial charge in [-0.05, 0) is 39.2 Å². The van der Waals surface area contributed by atoms with Gasteiger partial charge < -0.3 is 20.7 Å². The zero-order valence-corrected chi connectivity index (χ0v) is 13.1. The quantitative estimate of drug-likeness (QED) is 0.667. The van der Waals surface area contributed by atoms with Gasteiger partial charge in [-0.15, -0.1) is 0 Å². The van der Waals surface area contributed by atoms with Gasteiger partial charge in [0.15, 0.2) is 0 Å². The van der Waals surface area contributed by atoms with Crippen molar-refractivity contribution < 1.29 is 14.3 Å². The van der Waals surface area contributed by atoms with Crippen LogP contribution in [0.25, 0.3) is 0 Å². The molecule has 1 aliphatic rings. The number of hydrogen-bond donors (Lipinski definition) is 2. The Kier molecular flexibility index (Phi) is 8.82. The molecule has 21 heavy (non-hydrogen) atoms. The van der Waals surface area contributed by atoms with Crippen LogP contribution in [0.2, 0.25) is 0 Å². The van der Waals surface area contributed by atoms with Gasteiger partial charge in [0.2, 0.25) is 5.91 Å². The fraction of sp³-hybridized carbons (Fsp3) is 0.867. The molecule has 0 aliphatic carbocycles. The SMILES string of the molecule is CCOC(=O)N1CCC(NC(=O)CCCCCCN)CC1. The fourth-order valence-electron chi connectivity index (χ4n) is 2.50. The normalized spacial score (nSPS) is 15.8. The molecule has 2 amide bonds. The topological polar surface area (TPSA) is 84.7 Å². The number of nitrogens with zero attached hydrogens (tertiary/aromatic N) is 1. The molecule has 0 aromatic rings. The second kappa shape index (κ2) is 10.4. The second-order valence-electron chi connectivity index (χ2n) is 5.48. The number of carbonyl (C=O) groups is 2. The number of rotatable bonds is 8. The van der Waals surface area contributed by atoms with Crippen LogP contribution in [-0.2, 0) is 9.53 Å². The largest absolute Gasteiger partial charge is 0.450 e. The van der Waals surface area contributed by atoms with Crippen molar-refractivity contribution in [2.45, 2.75) is 57.9 Å². The van der Waals surface area contributed by atoms with Crippen LogP contribution in [0.5, 0.6) is 0 Å². The van der Waals surface area contributed by atoms with E-state index in [0.29, 0.717) is 26.1 Å². The summed E-state index contributed by atoms with van der Waals surface area (Å²) in [5.41, 5.74) is 5.43. The van der Waals surface area contributed by atoms with Crippen LogP contribution >= 0.6 is 0 Å². The Morgan fingerprint density at radius 3 is 2.48 bits per heavy atom. The van der Waals surface area contributed by atoms with E-state index in [1.165, 1.54) is 0 Å². The summed E-state index contributed by atoms with van der Waals surface area (Å²) in [4.78, 5) is 25.1.